The number of anilines is 1. The van der Waals surface area contributed by atoms with Gasteiger partial charge in [0.25, 0.3) is 0 Å². The number of amides is 1. The second kappa shape index (κ2) is 5.04. The molecule has 6 nitrogen and oxygen atoms in total. The Kier molecular flexibility index (Phi) is 4.04. The van der Waals surface area contributed by atoms with Crippen LogP contribution in [0.2, 0.25) is 0 Å². The molecule has 0 bridgehead atoms. The first-order valence-corrected chi connectivity index (χ1v) is 6.65. The molecule has 0 saturated heterocycles. The molecule has 0 aliphatic heterocycles. The van der Waals surface area contributed by atoms with Crippen LogP contribution in [0.3, 0.4) is 0 Å². The summed E-state index contributed by atoms with van der Waals surface area (Å²) >= 11 is 0. The molecule has 1 rings (SSSR count). The van der Waals surface area contributed by atoms with Crippen molar-refractivity contribution in [2.24, 2.45) is 0 Å². The number of halogens is 1. The van der Waals surface area contributed by atoms with Gasteiger partial charge in [0.15, 0.2) is 0 Å². The highest BCUT2D eigenvalue weighted by Crippen LogP contribution is 2.27. The van der Waals surface area contributed by atoms with Crippen LogP contribution in [0.4, 0.5) is 14.4 Å². The number of nitrogens with one attached hydrogen (secondary N) is 1. The topological polar surface area (TPSA) is 92.7 Å². The Bertz CT molecular complexity index is 592. The van der Waals surface area contributed by atoms with E-state index in [9.17, 15) is 22.2 Å². The van der Waals surface area contributed by atoms with Crippen molar-refractivity contribution in [1.29, 1.82) is 0 Å². The number of carbonyl (C=O) groups excluding carboxylic acids is 1. The molecule has 106 valence electrons. The Hall–Kier alpha value is -1.83. The number of hydrogen-bond donors (Lipinski definition) is 2. The van der Waals surface area contributed by atoms with Gasteiger partial charge in [-0.1, -0.05) is 0 Å². The summed E-state index contributed by atoms with van der Waals surface area (Å²) in [6, 6.07) is 2.68. The molecule has 1 amide bonds. The lowest BCUT2D eigenvalue weighted by Crippen LogP contribution is -2.27. The fourth-order valence-corrected chi connectivity index (χ4v) is 1.67. The number of ether oxygens (including phenoxy) is 1. The van der Waals surface area contributed by atoms with Gasteiger partial charge in [0.05, 0.1) is 5.69 Å². The number of aromatic hydroxyl groups is 1. The van der Waals surface area contributed by atoms with Gasteiger partial charge in [0.2, 0.25) is 0 Å². The van der Waals surface area contributed by atoms with Crippen molar-refractivity contribution in [3.63, 3.8) is 0 Å². The van der Waals surface area contributed by atoms with E-state index in [1.807, 2.05) is 0 Å². The fourth-order valence-electron chi connectivity index (χ4n) is 1.18. The largest absolute Gasteiger partial charge is 0.506 e. The first kappa shape index (κ1) is 15.2. The van der Waals surface area contributed by atoms with Crippen LogP contribution < -0.4 is 5.32 Å². The predicted octanol–water partition coefficient (Wildman–Crippen LogP) is 2.40. The summed E-state index contributed by atoms with van der Waals surface area (Å²) in [5.41, 5.74) is -0.802. The minimum Gasteiger partial charge on any atom is -0.506 e. The van der Waals surface area contributed by atoms with E-state index in [1.54, 1.807) is 20.8 Å². The Morgan fingerprint density at radius 1 is 1.37 bits per heavy atom. The van der Waals surface area contributed by atoms with Crippen LogP contribution in [0, 0.1) is 0 Å². The van der Waals surface area contributed by atoms with Crippen molar-refractivity contribution in [3.8, 4) is 5.75 Å². The third-order valence-corrected chi connectivity index (χ3v) is 2.70. The summed E-state index contributed by atoms with van der Waals surface area (Å²) in [7, 11) is -4.90. The van der Waals surface area contributed by atoms with E-state index >= 15 is 0 Å². The zero-order valence-electron chi connectivity index (χ0n) is 10.6. The van der Waals surface area contributed by atoms with Gasteiger partial charge in [0.1, 0.15) is 16.2 Å². The van der Waals surface area contributed by atoms with Gasteiger partial charge in [-0.05, 0) is 32.9 Å². The maximum absolute atomic E-state index is 12.7. The first-order chi connectivity index (χ1) is 8.49. The quantitative estimate of drug-likeness (QED) is 0.644. The molecule has 0 heterocycles. The molecule has 1 aromatic rings. The van der Waals surface area contributed by atoms with Gasteiger partial charge in [0, 0.05) is 6.07 Å². The van der Waals surface area contributed by atoms with Crippen LogP contribution in [-0.2, 0) is 15.0 Å². The molecule has 2 N–H and O–H groups in total. The average molecular weight is 291 g/mol. The molecule has 0 atom stereocenters. The van der Waals surface area contributed by atoms with Crippen LogP contribution in [0.25, 0.3) is 0 Å². The lowest BCUT2D eigenvalue weighted by molar-refractivity contribution is 0.0635. The molecule has 1 aromatic carbocycles. The molecule has 0 aliphatic carbocycles. The fraction of sp³-hybridized carbons (Fsp3) is 0.364. The summed E-state index contributed by atoms with van der Waals surface area (Å²) in [5.74, 6) is -0.579. The van der Waals surface area contributed by atoms with Crippen molar-refractivity contribution in [1.82, 2.24) is 0 Å². The van der Waals surface area contributed by atoms with E-state index in [2.05, 4.69) is 5.32 Å². The minimum atomic E-state index is -4.90. The zero-order chi connectivity index (χ0) is 14.8. The number of phenolic OH excluding ortho intramolecular Hbond substituents is 1. The van der Waals surface area contributed by atoms with E-state index < -0.39 is 32.6 Å². The minimum absolute atomic E-state index is 0.0818. The number of rotatable bonds is 2. The molecule has 0 spiro atoms. The van der Waals surface area contributed by atoms with Crippen LogP contribution in [-0.4, -0.2) is 25.2 Å². The predicted molar refractivity (Wildman–Crippen MR) is 66.3 cm³/mol. The molecular formula is C11H14FNO5S. The Labute approximate surface area is 110 Å². The van der Waals surface area contributed by atoms with Crippen molar-refractivity contribution < 1.29 is 26.9 Å². The van der Waals surface area contributed by atoms with Crippen LogP contribution in [0.1, 0.15) is 20.8 Å². The zero-order valence-corrected chi connectivity index (χ0v) is 11.4. The van der Waals surface area contributed by atoms with Gasteiger partial charge in [-0.15, -0.1) is 3.89 Å². The maximum Gasteiger partial charge on any atom is 0.412 e. The van der Waals surface area contributed by atoms with E-state index in [1.165, 1.54) is 0 Å². The SMILES string of the molecule is CC(C)(C)OC(=O)Nc1ccc(S(=O)(=O)F)cc1O. The highest BCUT2D eigenvalue weighted by atomic mass is 32.3. The Morgan fingerprint density at radius 2 is 1.95 bits per heavy atom. The van der Waals surface area contributed by atoms with Crippen molar-refractivity contribution in [2.75, 3.05) is 5.32 Å². The van der Waals surface area contributed by atoms with Gasteiger partial charge < -0.3 is 9.84 Å². The summed E-state index contributed by atoms with van der Waals surface area (Å²) in [6.07, 6.45) is -0.821. The van der Waals surface area contributed by atoms with Gasteiger partial charge in [-0.2, -0.15) is 8.42 Å². The summed E-state index contributed by atoms with van der Waals surface area (Å²) < 4.78 is 38.8. The molecule has 0 radical (unpaired) electrons. The number of phenols is 1. The number of carbonyl (C=O) groups is 1. The summed E-state index contributed by atoms with van der Waals surface area (Å²) in [6.45, 7) is 4.97. The van der Waals surface area contributed by atoms with Crippen molar-refractivity contribution in [3.05, 3.63) is 18.2 Å². The molecule has 0 unspecified atom stereocenters. The number of hydrogen-bond acceptors (Lipinski definition) is 5. The Morgan fingerprint density at radius 3 is 2.37 bits per heavy atom. The summed E-state index contributed by atoms with van der Waals surface area (Å²) in [5, 5.41) is 11.7. The van der Waals surface area contributed by atoms with Crippen LogP contribution in [0.15, 0.2) is 23.1 Å². The molecular weight excluding hydrogens is 277 g/mol. The van der Waals surface area contributed by atoms with Crippen molar-refractivity contribution in [2.45, 2.75) is 31.3 Å². The molecule has 0 saturated carbocycles. The first-order valence-electron chi connectivity index (χ1n) is 5.27. The van der Waals surface area contributed by atoms with E-state index in [0.717, 1.165) is 12.1 Å². The molecule has 0 aromatic heterocycles. The van der Waals surface area contributed by atoms with E-state index in [0.29, 0.717) is 6.07 Å². The summed E-state index contributed by atoms with van der Waals surface area (Å²) in [4.78, 5) is 10.7. The lowest BCUT2D eigenvalue weighted by Gasteiger charge is -2.19. The highest BCUT2D eigenvalue weighted by molar-refractivity contribution is 7.86. The monoisotopic (exact) mass is 291 g/mol. The van der Waals surface area contributed by atoms with Gasteiger partial charge in [-0.25, -0.2) is 4.79 Å². The second-order valence-corrected chi connectivity index (χ2v) is 6.09. The molecule has 0 fully saturated rings. The van der Waals surface area contributed by atoms with Gasteiger partial charge in [-0.3, -0.25) is 5.32 Å². The van der Waals surface area contributed by atoms with Crippen LogP contribution in [0.5, 0.6) is 5.75 Å². The van der Waals surface area contributed by atoms with Crippen LogP contribution >= 0.6 is 0 Å². The third kappa shape index (κ3) is 4.74. The standard InChI is InChI=1S/C11H14FNO5S/c1-11(2,3)18-10(15)13-8-5-4-7(6-9(8)14)19(12,16)17/h4-6,14H,1-3H3,(H,13,15). The normalized spacial score (nSPS) is 12.0. The highest BCUT2D eigenvalue weighted by Gasteiger charge is 2.19. The number of benzene rings is 1. The average Bonchev–Trinajstić information content (AvgIpc) is 2.16. The van der Waals surface area contributed by atoms with Gasteiger partial charge >= 0.3 is 16.3 Å². The van der Waals surface area contributed by atoms with E-state index in [-0.39, 0.29) is 5.69 Å². The van der Waals surface area contributed by atoms with Crippen molar-refractivity contribution >= 4 is 22.0 Å². The Balaban J connectivity index is 2.90. The van der Waals surface area contributed by atoms with E-state index in [4.69, 9.17) is 4.74 Å². The molecule has 8 heteroatoms. The smallest absolute Gasteiger partial charge is 0.412 e. The maximum atomic E-state index is 12.7. The molecule has 0 aliphatic rings. The molecule has 19 heavy (non-hydrogen) atoms. The lowest BCUT2D eigenvalue weighted by atomic mass is 10.2. The second-order valence-electron chi connectivity index (χ2n) is 4.74. The third-order valence-electron chi connectivity index (χ3n) is 1.89.